The van der Waals surface area contributed by atoms with E-state index in [4.69, 9.17) is 4.74 Å². The molecule has 1 aliphatic carbocycles. The third-order valence-electron chi connectivity index (χ3n) is 7.51. The highest BCUT2D eigenvalue weighted by Crippen LogP contribution is 2.40. The molecule has 2 rings (SSSR count). The predicted octanol–water partition coefficient (Wildman–Crippen LogP) is 8.53. The molecular weight excluding hydrogens is 510 g/mol. The van der Waals surface area contributed by atoms with Crippen LogP contribution in [-0.4, -0.2) is 47.0 Å². The van der Waals surface area contributed by atoms with Crippen molar-refractivity contribution >= 4 is 5.97 Å². The summed E-state index contributed by atoms with van der Waals surface area (Å²) in [6, 6.07) is 7.12. The van der Waals surface area contributed by atoms with Gasteiger partial charge < -0.3 is 14.9 Å². The number of unbranched alkanes of at least 4 members (excludes halogenated alkanes) is 1. The van der Waals surface area contributed by atoms with Crippen LogP contribution in [0, 0.1) is 0 Å². The molecular formula is C36H53NO4. The van der Waals surface area contributed by atoms with Crippen LogP contribution in [0.1, 0.15) is 102 Å². The zero-order valence-corrected chi connectivity index (χ0v) is 25.4. The maximum atomic E-state index is 12.3. The number of likely N-dealkylation sites (N-methyl/N-ethyl adjacent to an activating group) is 1. The van der Waals surface area contributed by atoms with Gasteiger partial charge in [-0.1, -0.05) is 99.1 Å². The van der Waals surface area contributed by atoms with E-state index in [1.807, 2.05) is 24.1 Å². The number of benzene rings is 1. The molecule has 0 aromatic heterocycles. The first kappa shape index (κ1) is 34.3. The van der Waals surface area contributed by atoms with Crippen molar-refractivity contribution in [2.75, 3.05) is 20.3 Å². The smallest absolute Gasteiger partial charge is 0.307 e. The van der Waals surface area contributed by atoms with Crippen LogP contribution in [0.3, 0.4) is 0 Å². The lowest BCUT2D eigenvalue weighted by Crippen LogP contribution is -2.44. The number of carbonyl (C=O) groups excluding carboxylic acids is 1. The van der Waals surface area contributed by atoms with Gasteiger partial charge in [-0.05, 0) is 82.5 Å². The minimum Gasteiger partial charge on any atom is -0.508 e. The number of phenols is 1. The van der Waals surface area contributed by atoms with Gasteiger partial charge in [-0.15, -0.1) is 0 Å². The lowest BCUT2D eigenvalue weighted by atomic mass is 9.72. The fraction of sp³-hybridized carbons (Fsp3) is 0.528. The molecule has 0 aliphatic heterocycles. The van der Waals surface area contributed by atoms with Gasteiger partial charge in [-0.3, -0.25) is 9.69 Å². The maximum Gasteiger partial charge on any atom is 0.307 e. The summed E-state index contributed by atoms with van der Waals surface area (Å²) in [6.45, 7) is 2.93. The Balaban J connectivity index is 1.60. The minimum absolute atomic E-state index is 0.109. The van der Waals surface area contributed by atoms with Gasteiger partial charge in [0.05, 0.1) is 5.60 Å². The molecule has 226 valence electrons. The summed E-state index contributed by atoms with van der Waals surface area (Å²) in [5.41, 5.74) is 0.219. The summed E-state index contributed by atoms with van der Waals surface area (Å²) in [5, 5.41) is 21.2. The number of ether oxygens (including phenoxy) is 1. The molecule has 0 amide bonds. The van der Waals surface area contributed by atoms with E-state index in [-0.39, 0.29) is 24.4 Å². The van der Waals surface area contributed by atoms with Crippen molar-refractivity contribution in [2.45, 2.75) is 102 Å². The number of carbonyl (C=O) groups is 1. The first-order chi connectivity index (χ1) is 19.9. The first-order valence-corrected chi connectivity index (χ1v) is 15.5. The lowest BCUT2D eigenvalue weighted by molar-refractivity contribution is -0.148. The Kier molecular flexibility index (Phi) is 17.5. The molecule has 0 radical (unpaired) electrons. The molecule has 0 heterocycles. The first-order valence-electron chi connectivity index (χ1n) is 15.5. The average molecular weight is 564 g/mol. The SMILES string of the molecule is CC/C=C\C/C=C\C/C=C\C/C=C\C/C=C\CCCC(=O)OCN(C)CC(c1ccc(O)cc1)C1(O)CCCCC1. The van der Waals surface area contributed by atoms with E-state index in [2.05, 4.69) is 67.7 Å². The average Bonchev–Trinajstić information content (AvgIpc) is 2.97. The van der Waals surface area contributed by atoms with Crippen molar-refractivity contribution in [3.63, 3.8) is 0 Å². The Bertz CT molecular complexity index is 983. The molecule has 41 heavy (non-hydrogen) atoms. The lowest BCUT2D eigenvalue weighted by Gasteiger charge is -2.41. The molecule has 5 heteroatoms. The van der Waals surface area contributed by atoms with Crippen LogP contribution >= 0.6 is 0 Å². The fourth-order valence-electron chi connectivity index (χ4n) is 5.16. The van der Waals surface area contributed by atoms with E-state index >= 15 is 0 Å². The van der Waals surface area contributed by atoms with Crippen LogP contribution in [0.2, 0.25) is 0 Å². The maximum absolute atomic E-state index is 12.3. The van der Waals surface area contributed by atoms with E-state index in [9.17, 15) is 15.0 Å². The van der Waals surface area contributed by atoms with Crippen LogP contribution in [-0.2, 0) is 9.53 Å². The van der Waals surface area contributed by atoms with Crippen LogP contribution in [0.4, 0.5) is 0 Å². The topological polar surface area (TPSA) is 70.0 Å². The number of nitrogens with zero attached hydrogens (tertiary/aromatic N) is 1. The minimum atomic E-state index is -0.783. The number of aromatic hydroxyl groups is 1. The van der Waals surface area contributed by atoms with Gasteiger partial charge in [0, 0.05) is 18.9 Å². The van der Waals surface area contributed by atoms with Gasteiger partial charge in [-0.25, -0.2) is 0 Å². The molecule has 1 unspecified atom stereocenters. The van der Waals surface area contributed by atoms with Crippen molar-refractivity contribution in [1.82, 2.24) is 4.90 Å². The van der Waals surface area contributed by atoms with Crippen LogP contribution in [0.15, 0.2) is 85.0 Å². The molecule has 1 fully saturated rings. The summed E-state index contributed by atoms with van der Waals surface area (Å²) in [7, 11) is 1.92. The Hall–Kier alpha value is -2.89. The van der Waals surface area contributed by atoms with Gasteiger partial charge in [0.15, 0.2) is 0 Å². The Labute approximate surface area is 249 Å². The summed E-state index contributed by atoms with van der Waals surface area (Å²) < 4.78 is 5.53. The molecule has 1 aromatic rings. The summed E-state index contributed by atoms with van der Waals surface area (Å²) in [5.74, 6) is -0.0841. The number of hydrogen-bond donors (Lipinski definition) is 2. The van der Waals surface area contributed by atoms with Crippen molar-refractivity contribution in [2.24, 2.45) is 0 Å². The van der Waals surface area contributed by atoms with Crippen molar-refractivity contribution in [3.05, 3.63) is 90.6 Å². The highest BCUT2D eigenvalue weighted by atomic mass is 16.5. The second-order valence-electron chi connectivity index (χ2n) is 11.1. The highest BCUT2D eigenvalue weighted by Gasteiger charge is 2.39. The normalized spacial score (nSPS) is 16.7. The molecule has 2 N–H and O–H groups in total. The molecule has 1 aromatic carbocycles. The van der Waals surface area contributed by atoms with Gasteiger partial charge in [-0.2, -0.15) is 0 Å². The molecule has 1 aliphatic rings. The van der Waals surface area contributed by atoms with Crippen LogP contribution in [0.25, 0.3) is 0 Å². The molecule has 0 spiro atoms. The van der Waals surface area contributed by atoms with Crippen molar-refractivity contribution < 1.29 is 19.7 Å². The monoisotopic (exact) mass is 563 g/mol. The number of rotatable bonds is 19. The molecule has 1 saturated carbocycles. The fourth-order valence-corrected chi connectivity index (χ4v) is 5.16. The van der Waals surface area contributed by atoms with E-state index in [1.54, 1.807) is 12.1 Å². The van der Waals surface area contributed by atoms with E-state index < -0.39 is 5.60 Å². The number of phenolic OH excluding ortho intramolecular Hbond substituents is 1. The Morgan fingerprint density at radius 2 is 1.41 bits per heavy atom. The predicted molar refractivity (Wildman–Crippen MR) is 171 cm³/mol. The Morgan fingerprint density at radius 3 is 1.98 bits per heavy atom. The zero-order chi connectivity index (χ0) is 29.6. The number of esters is 1. The third kappa shape index (κ3) is 15.1. The molecule has 1 atom stereocenters. The van der Waals surface area contributed by atoms with Crippen LogP contribution in [0.5, 0.6) is 5.75 Å². The van der Waals surface area contributed by atoms with Crippen molar-refractivity contribution in [1.29, 1.82) is 0 Å². The van der Waals surface area contributed by atoms with Gasteiger partial charge in [0.1, 0.15) is 12.5 Å². The number of aliphatic hydroxyl groups is 1. The van der Waals surface area contributed by atoms with Gasteiger partial charge in [0.25, 0.3) is 0 Å². The Morgan fingerprint density at radius 1 is 0.878 bits per heavy atom. The number of allylic oxidation sites excluding steroid dienone is 10. The second kappa shape index (κ2) is 20.9. The molecule has 0 saturated heterocycles. The van der Waals surface area contributed by atoms with Gasteiger partial charge >= 0.3 is 5.97 Å². The van der Waals surface area contributed by atoms with E-state index in [1.165, 1.54) is 0 Å². The van der Waals surface area contributed by atoms with Crippen LogP contribution < -0.4 is 0 Å². The highest BCUT2D eigenvalue weighted by molar-refractivity contribution is 5.69. The molecule has 5 nitrogen and oxygen atoms in total. The molecule has 0 bridgehead atoms. The van der Waals surface area contributed by atoms with E-state index in [0.717, 1.165) is 82.6 Å². The quantitative estimate of drug-likeness (QED) is 0.0764. The zero-order valence-electron chi connectivity index (χ0n) is 25.4. The van der Waals surface area contributed by atoms with Gasteiger partial charge in [0.2, 0.25) is 0 Å². The largest absolute Gasteiger partial charge is 0.508 e. The summed E-state index contributed by atoms with van der Waals surface area (Å²) in [4.78, 5) is 14.3. The second-order valence-corrected chi connectivity index (χ2v) is 11.1. The standard InChI is InChI=1S/C36H53NO4/c1-3-4-5-6-7-8-9-10-11-12-13-14-15-16-17-18-20-23-35(39)41-31-37(2)30-34(32-24-26-33(38)27-25-32)36(40)28-21-19-22-29-36/h4-5,7-8,10-11,13-14,16-17,24-27,34,38,40H,3,6,9,12,15,18-23,28-31H2,1-2H3/b5-4-,8-7-,11-10-,14-13-,17-16-. The van der Waals surface area contributed by atoms with E-state index in [0.29, 0.717) is 13.0 Å². The number of hydrogen-bond acceptors (Lipinski definition) is 5. The summed E-state index contributed by atoms with van der Waals surface area (Å²) >= 11 is 0. The van der Waals surface area contributed by atoms with Crippen molar-refractivity contribution in [3.8, 4) is 5.75 Å². The summed E-state index contributed by atoms with van der Waals surface area (Å²) in [6.07, 6.45) is 33.5. The third-order valence-corrected chi connectivity index (χ3v) is 7.51.